The molecule has 0 radical (unpaired) electrons. The van der Waals surface area contributed by atoms with E-state index in [9.17, 15) is 31.2 Å². The highest BCUT2D eigenvalue weighted by Gasteiger charge is 2.33. The van der Waals surface area contributed by atoms with E-state index in [1.165, 1.54) is 48.6 Å². The summed E-state index contributed by atoms with van der Waals surface area (Å²) in [4.78, 5) is 26.0. The summed E-state index contributed by atoms with van der Waals surface area (Å²) < 4.78 is 65.5. The predicted molar refractivity (Wildman–Crippen MR) is 119 cm³/mol. The van der Waals surface area contributed by atoms with E-state index in [1.807, 2.05) is 0 Å². The van der Waals surface area contributed by atoms with Crippen LogP contribution < -0.4 is 10.0 Å². The van der Waals surface area contributed by atoms with Crippen LogP contribution in [0.25, 0.3) is 6.08 Å². The summed E-state index contributed by atoms with van der Waals surface area (Å²) in [5.74, 6) is -1.30. The second kappa shape index (κ2) is 11.1. The van der Waals surface area contributed by atoms with Gasteiger partial charge in [-0.15, -0.1) is 0 Å². The molecule has 2 amide bonds. The SMILES string of the molecule is CCNS(=O)(=O)c1ccc(/C=C/C(=O)N(CC)CC(=O)Nc2ccccc2C(F)(F)F)cc1. The van der Waals surface area contributed by atoms with Gasteiger partial charge in [-0.25, -0.2) is 13.1 Å². The van der Waals surface area contributed by atoms with Crippen LogP contribution >= 0.6 is 0 Å². The first-order chi connectivity index (χ1) is 15.5. The Morgan fingerprint density at radius 2 is 1.67 bits per heavy atom. The van der Waals surface area contributed by atoms with Crippen LogP contribution in [0.2, 0.25) is 0 Å². The highest BCUT2D eigenvalue weighted by Crippen LogP contribution is 2.34. The lowest BCUT2D eigenvalue weighted by Crippen LogP contribution is -2.37. The Hall–Kier alpha value is -3.18. The number of carbonyl (C=O) groups excluding carboxylic acids is 2. The van der Waals surface area contributed by atoms with Gasteiger partial charge in [0.15, 0.2) is 0 Å². The maximum absolute atomic E-state index is 13.1. The van der Waals surface area contributed by atoms with E-state index in [-0.39, 0.29) is 23.7 Å². The largest absolute Gasteiger partial charge is 0.418 e. The van der Waals surface area contributed by atoms with E-state index in [0.29, 0.717) is 5.56 Å². The average molecular weight is 484 g/mol. The van der Waals surface area contributed by atoms with E-state index in [2.05, 4.69) is 10.0 Å². The number of halogens is 3. The molecule has 0 aromatic heterocycles. The van der Waals surface area contributed by atoms with Crippen LogP contribution in [0.5, 0.6) is 0 Å². The Morgan fingerprint density at radius 1 is 1.03 bits per heavy atom. The van der Waals surface area contributed by atoms with Gasteiger partial charge in [0, 0.05) is 19.2 Å². The Morgan fingerprint density at radius 3 is 2.24 bits per heavy atom. The Kier molecular flexibility index (Phi) is 8.77. The van der Waals surface area contributed by atoms with Gasteiger partial charge >= 0.3 is 6.18 Å². The van der Waals surface area contributed by atoms with Crippen molar-refractivity contribution >= 4 is 33.6 Å². The number of hydrogen-bond donors (Lipinski definition) is 2. The first-order valence-corrected chi connectivity index (χ1v) is 11.5. The molecule has 2 aromatic rings. The number of rotatable bonds is 9. The van der Waals surface area contributed by atoms with Gasteiger partial charge in [-0.05, 0) is 42.8 Å². The van der Waals surface area contributed by atoms with Crippen molar-refractivity contribution in [2.45, 2.75) is 24.9 Å². The number of carbonyl (C=O) groups is 2. The Labute approximate surface area is 190 Å². The van der Waals surface area contributed by atoms with Gasteiger partial charge in [-0.1, -0.05) is 31.2 Å². The maximum Gasteiger partial charge on any atom is 0.418 e. The van der Waals surface area contributed by atoms with Gasteiger partial charge in [-0.2, -0.15) is 13.2 Å². The molecule has 2 rings (SSSR count). The molecule has 0 saturated heterocycles. The number of likely N-dealkylation sites (N-methyl/N-ethyl adjacent to an activating group) is 1. The number of para-hydroxylation sites is 1. The highest BCUT2D eigenvalue weighted by atomic mass is 32.2. The molecule has 0 fully saturated rings. The standard InChI is InChI=1S/C22H24F3N3O4S/c1-3-26-33(31,32)17-12-9-16(10-13-17)11-14-21(30)28(4-2)15-20(29)27-19-8-6-5-7-18(19)22(23,24)25/h5-14,26H,3-4,15H2,1-2H3,(H,27,29)/b14-11+. The molecule has 0 aliphatic carbocycles. The van der Waals surface area contributed by atoms with Crippen molar-refractivity contribution in [2.75, 3.05) is 25.0 Å². The van der Waals surface area contributed by atoms with E-state index in [0.717, 1.165) is 17.0 Å². The smallest absolute Gasteiger partial charge is 0.330 e. The second-order valence-corrected chi connectivity index (χ2v) is 8.61. The van der Waals surface area contributed by atoms with E-state index in [4.69, 9.17) is 0 Å². The fraction of sp³-hybridized carbons (Fsp3) is 0.273. The minimum Gasteiger partial charge on any atom is -0.330 e. The zero-order chi connectivity index (χ0) is 24.6. The molecule has 0 aliphatic rings. The van der Waals surface area contributed by atoms with E-state index < -0.39 is 40.1 Å². The molecule has 0 atom stereocenters. The molecule has 178 valence electrons. The number of sulfonamides is 1. The van der Waals surface area contributed by atoms with Crippen LogP contribution in [-0.2, 0) is 25.8 Å². The normalized spacial score (nSPS) is 12.0. The van der Waals surface area contributed by atoms with Crippen LogP contribution in [0.3, 0.4) is 0 Å². The van der Waals surface area contributed by atoms with Crippen molar-refractivity contribution in [1.82, 2.24) is 9.62 Å². The van der Waals surface area contributed by atoms with Crippen LogP contribution in [0.15, 0.2) is 59.5 Å². The minimum atomic E-state index is -4.63. The van der Waals surface area contributed by atoms with Crippen molar-refractivity contribution in [3.05, 3.63) is 65.7 Å². The Bertz CT molecular complexity index is 1110. The van der Waals surface area contributed by atoms with E-state index in [1.54, 1.807) is 13.8 Å². The summed E-state index contributed by atoms with van der Waals surface area (Å²) in [5.41, 5.74) is -0.813. The van der Waals surface area contributed by atoms with Crippen molar-refractivity contribution < 1.29 is 31.2 Å². The zero-order valence-electron chi connectivity index (χ0n) is 18.0. The van der Waals surface area contributed by atoms with Crippen LogP contribution in [0.4, 0.5) is 18.9 Å². The second-order valence-electron chi connectivity index (χ2n) is 6.85. The predicted octanol–water partition coefficient (Wildman–Crippen LogP) is 3.50. The van der Waals surface area contributed by atoms with Gasteiger partial charge < -0.3 is 10.2 Å². The topological polar surface area (TPSA) is 95.6 Å². The number of alkyl halides is 3. The molecule has 33 heavy (non-hydrogen) atoms. The molecule has 0 saturated carbocycles. The van der Waals surface area contributed by atoms with Gasteiger partial charge in [0.05, 0.1) is 16.1 Å². The number of hydrogen-bond acceptors (Lipinski definition) is 4. The summed E-state index contributed by atoms with van der Waals surface area (Å²) in [7, 11) is -3.59. The van der Waals surface area contributed by atoms with Gasteiger partial charge in [0.1, 0.15) is 6.54 Å². The number of nitrogens with zero attached hydrogens (tertiary/aromatic N) is 1. The molecule has 0 unspecified atom stereocenters. The maximum atomic E-state index is 13.1. The van der Waals surface area contributed by atoms with Crippen molar-refractivity contribution in [3.63, 3.8) is 0 Å². The first-order valence-electron chi connectivity index (χ1n) is 10.0. The molecular weight excluding hydrogens is 459 g/mol. The summed E-state index contributed by atoms with van der Waals surface area (Å²) in [6, 6.07) is 10.4. The summed E-state index contributed by atoms with van der Waals surface area (Å²) >= 11 is 0. The van der Waals surface area contributed by atoms with Crippen LogP contribution in [0.1, 0.15) is 25.0 Å². The third kappa shape index (κ3) is 7.43. The molecule has 7 nitrogen and oxygen atoms in total. The number of benzene rings is 2. The average Bonchev–Trinajstić information content (AvgIpc) is 2.75. The molecule has 2 aromatic carbocycles. The van der Waals surface area contributed by atoms with Crippen molar-refractivity contribution in [2.24, 2.45) is 0 Å². The van der Waals surface area contributed by atoms with Gasteiger partial charge in [0.25, 0.3) is 0 Å². The number of anilines is 1. The lowest BCUT2D eigenvalue weighted by Gasteiger charge is -2.19. The third-order valence-corrected chi connectivity index (χ3v) is 6.04. The van der Waals surface area contributed by atoms with Gasteiger partial charge in [-0.3, -0.25) is 9.59 Å². The molecule has 0 spiro atoms. The van der Waals surface area contributed by atoms with Crippen LogP contribution in [0, 0.1) is 0 Å². The van der Waals surface area contributed by atoms with Gasteiger partial charge in [0.2, 0.25) is 21.8 Å². The minimum absolute atomic E-state index is 0.0822. The number of nitrogens with one attached hydrogen (secondary N) is 2. The fourth-order valence-corrected chi connectivity index (χ4v) is 3.89. The fourth-order valence-electron chi connectivity index (χ4n) is 2.85. The summed E-state index contributed by atoms with van der Waals surface area (Å²) in [6.45, 7) is 3.25. The Balaban J connectivity index is 2.04. The lowest BCUT2D eigenvalue weighted by atomic mass is 10.1. The summed E-state index contributed by atoms with van der Waals surface area (Å²) in [5, 5.41) is 2.20. The molecular formula is C22H24F3N3O4S. The van der Waals surface area contributed by atoms with E-state index >= 15 is 0 Å². The molecule has 0 heterocycles. The number of amides is 2. The molecule has 2 N–H and O–H groups in total. The zero-order valence-corrected chi connectivity index (χ0v) is 18.8. The van der Waals surface area contributed by atoms with Crippen molar-refractivity contribution in [3.8, 4) is 0 Å². The quantitative estimate of drug-likeness (QED) is 0.534. The highest BCUT2D eigenvalue weighted by molar-refractivity contribution is 7.89. The lowest BCUT2D eigenvalue weighted by molar-refractivity contribution is -0.137. The summed E-state index contributed by atoms with van der Waals surface area (Å²) in [6.07, 6.45) is -1.98. The monoisotopic (exact) mass is 483 g/mol. The first kappa shape index (κ1) is 26.1. The molecule has 11 heteroatoms. The van der Waals surface area contributed by atoms with Crippen molar-refractivity contribution in [1.29, 1.82) is 0 Å². The third-order valence-electron chi connectivity index (χ3n) is 4.48. The molecule has 0 bridgehead atoms. The molecule has 0 aliphatic heterocycles. The van der Waals surface area contributed by atoms with Crippen LogP contribution in [-0.4, -0.2) is 44.8 Å².